The fourth-order valence-electron chi connectivity index (χ4n) is 3.02. The van der Waals surface area contributed by atoms with Crippen LogP contribution in [-0.2, 0) is 17.4 Å². The molecule has 158 valence electrons. The molecule has 1 heterocycles. The molecule has 1 fully saturated rings. The number of hydrogen-bond donors (Lipinski definition) is 2. The monoisotopic (exact) mass is 512 g/mol. The van der Waals surface area contributed by atoms with Crippen LogP contribution in [0.25, 0.3) is 0 Å². The molecule has 1 amide bonds. The van der Waals surface area contributed by atoms with Gasteiger partial charge >= 0.3 is 6.18 Å². The normalized spacial score (nSPS) is 17.5. The van der Waals surface area contributed by atoms with Gasteiger partial charge in [-0.25, -0.2) is 0 Å². The van der Waals surface area contributed by atoms with Crippen molar-refractivity contribution in [2.45, 2.75) is 38.9 Å². The Balaban J connectivity index is 0.00000392. The Morgan fingerprint density at radius 3 is 2.46 bits per heavy atom. The standard InChI is InChI=1S/C19H27F3N4O.HI/c1-13(2)17(27)26-11-9-16(12-26)25-18(23-3)24-10-8-14-4-6-15(7-5-14)19(20,21)22;/h4-7,13,16H,8-12H2,1-3H3,(H2,23,24,25);1H. The molecular formula is C19H28F3IN4O. The lowest BCUT2D eigenvalue weighted by atomic mass is 10.1. The number of carbonyl (C=O) groups excluding carboxylic acids is 1. The number of nitrogens with one attached hydrogen (secondary N) is 2. The van der Waals surface area contributed by atoms with E-state index in [2.05, 4.69) is 15.6 Å². The second kappa shape index (κ2) is 10.9. The van der Waals surface area contributed by atoms with Crippen LogP contribution >= 0.6 is 24.0 Å². The maximum Gasteiger partial charge on any atom is 0.416 e. The minimum atomic E-state index is -4.31. The van der Waals surface area contributed by atoms with Gasteiger partial charge in [0.15, 0.2) is 5.96 Å². The highest BCUT2D eigenvalue weighted by Crippen LogP contribution is 2.29. The SMILES string of the molecule is CN=C(NCCc1ccc(C(F)(F)F)cc1)NC1CCN(C(=O)C(C)C)C1.I. The third kappa shape index (κ3) is 7.14. The highest BCUT2D eigenvalue weighted by atomic mass is 127. The maximum atomic E-state index is 12.6. The third-order valence-electron chi connectivity index (χ3n) is 4.55. The Labute approximate surface area is 181 Å². The molecule has 1 aromatic carbocycles. The molecule has 1 saturated heterocycles. The molecule has 1 aliphatic heterocycles. The van der Waals surface area contributed by atoms with Crippen LogP contribution in [0, 0.1) is 5.92 Å². The lowest BCUT2D eigenvalue weighted by Gasteiger charge is -2.20. The van der Waals surface area contributed by atoms with Gasteiger partial charge < -0.3 is 15.5 Å². The van der Waals surface area contributed by atoms with Gasteiger partial charge in [-0.2, -0.15) is 13.2 Å². The summed E-state index contributed by atoms with van der Waals surface area (Å²) < 4.78 is 37.7. The number of rotatable bonds is 5. The van der Waals surface area contributed by atoms with E-state index >= 15 is 0 Å². The zero-order valence-electron chi connectivity index (χ0n) is 16.3. The molecular weight excluding hydrogens is 484 g/mol. The van der Waals surface area contributed by atoms with E-state index in [1.165, 1.54) is 12.1 Å². The molecule has 0 aliphatic carbocycles. The van der Waals surface area contributed by atoms with Crippen molar-refractivity contribution >= 4 is 35.8 Å². The number of halogens is 4. The Morgan fingerprint density at radius 2 is 1.93 bits per heavy atom. The first-order valence-corrected chi connectivity index (χ1v) is 9.12. The molecule has 1 aromatic rings. The van der Waals surface area contributed by atoms with Crippen LogP contribution in [0.5, 0.6) is 0 Å². The minimum absolute atomic E-state index is 0. The number of likely N-dealkylation sites (tertiary alicyclic amines) is 1. The van der Waals surface area contributed by atoms with E-state index in [-0.39, 0.29) is 41.8 Å². The van der Waals surface area contributed by atoms with E-state index < -0.39 is 11.7 Å². The highest BCUT2D eigenvalue weighted by Gasteiger charge is 2.30. The molecule has 0 bridgehead atoms. The number of amides is 1. The van der Waals surface area contributed by atoms with Gasteiger partial charge in [0.1, 0.15) is 0 Å². The summed E-state index contributed by atoms with van der Waals surface area (Å²) in [6.07, 6.45) is -2.87. The first kappa shape index (κ1) is 24.5. The smallest absolute Gasteiger partial charge is 0.356 e. The zero-order chi connectivity index (χ0) is 20.0. The fourth-order valence-corrected chi connectivity index (χ4v) is 3.02. The Bertz CT molecular complexity index is 662. The van der Waals surface area contributed by atoms with Gasteiger partial charge in [-0.05, 0) is 30.5 Å². The van der Waals surface area contributed by atoms with Crippen molar-refractivity contribution in [3.8, 4) is 0 Å². The summed E-state index contributed by atoms with van der Waals surface area (Å²) in [5.41, 5.74) is 0.180. The molecule has 2 N–H and O–H groups in total. The number of carbonyl (C=O) groups is 1. The van der Waals surface area contributed by atoms with Crippen molar-refractivity contribution in [2.24, 2.45) is 10.9 Å². The van der Waals surface area contributed by atoms with Crippen LogP contribution < -0.4 is 10.6 Å². The number of guanidine groups is 1. The maximum absolute atomic E-state index is 12.6. The van der Waals surface area contributed by atoms with Crippen LogP contribution in [0.4, 0.5) is 13.2 Å². The molecule has 0 aromatic heterocycles. The molecule has 0 spiro atoms. The summed E-state index contributed by atoms with van der Waals surface area (Å²) in [4.78, 5) is 18.1. The minimum Gasteiger partial charge on any atom is -0.356 e. The van der Waals surface area contributed by atoms with E-state index in [0.717, 1.165) is 30.7 Å². The van der Waals surface area contributed by atoms with Gasteiger partial charge in [0.2, 0.25) is 5.91 Å². The second-order valence-corrected chi connectivity index (χ2v) is 7.01. The molecule has 0 radical (unpaired) electrons. The van der Waals surface area contributed by atoms with Crippen molar-refractivity contribution in [1.82, 2.24) is 15.5 Å². The average Bonchev–Trinajstić information content (AvgIpc) is 3.08. The molecule has 1 unspecified atom stereocenters. The Kier molecular flexibility index (Phi) is 9.52. The number of alkyl halides is 3. The summed E-state index contributed by atoms with van der Waals surface area (Å²) in [5.74, 6) is 0.778. The van der Waals surface area contributed by atoms with Gasteiger partial charge in [-0.3, -0.25) is 9.79 Å². The van der Waals surface area contributed by atoms with Crippen molar-refractivity contribution in [1.29, 1.82) is 0 Å². The van der Waals surface area contributed by atoms with Crippen LogP contribution in [0.1, 0.15) is 31.4 Å². The van der Waals surface area contributed by atoms with Crippen molar-refractivity contribution < 1.29 is 18.0 Å². The van der Waals surface area contributed by atoms with Crippen molar-refractivity contribution in [3.63, 3.8) is 0 Å². The summed E-state index contributed by atoms with van der Waals surface area (Å²) in [6.45, 7) is 5.72. The Morgan fingerprint density at radius 1 is 1.29 bits per heavy atom. The molecule has 2 rings (SSSR count). The van der Waals surface area contributed by atoms with Crippen LogP contribution in [0.15, 0.2) is 29.3 Å². The molecule has 28 heavy (non-hydrogen) atoms. The fraction of sp³-hybridized carbons (Fsp3) is 0.579. The van der Waals surface area contributed by atoms with Crippen LogP contribution in [0.3, 0.4) is 0 Å². The first-order valence-electron chi connectivity index (χ1n) is 9.12. The van der Waals surface area contributed by atoms with Crippen molar-refractivity contribution in [3.05, 3.63) is 35.4 Å². The summed E-state index contributed by atoms with van der Waals surface area (Å²) in [5, 5.41) is 6.47. The topological polar surface area (TPSA) is 56.7 Å². The number of aliphatic imine (C=N–C) groups is 1. The largest absolute Gasteiger partial charge is 0.416 e. The lowest BCUT2D eigenvalue weighted by molar-refractivity contribution is -0.137. The number of benzene rings is 1. The van der Waals surface area contributed by atoms with Crippen molar-refractivity contribution in [2.75, 3.05) is 26.7 Å². The van der Waals surface area contributed by atoms with E-state index in [9.17, 15) is 18.0 Å². The van der Waals surface area contributed by atoms with Gasteiger partial charge in [0, 0.05) is 38.6 Å². The van der Waals surface area contributed by atoms with E-state index in [0.29, 0.717) is 25.5 Å². The predicted octanol–water partition coefficient (Wildman–Crippen LogP) is 3.29. The number of hydrogen-bond acceptors (Lipinski definition) is 2. The lowest BCUT2D eigenvalue weighted by Crippen LogP contribution is -2.45. The Hall–Kier alpha value is -1.52. The number of nitrogens with zero attached hydrogens (tertiary/aromatic N) is 2. The highest BCUT2D eigenvalue weighted by molar-refractivity contribution is 14.0. The summed E-state index contributed by atoms with van der Waals surface area (Å²) >= 11 is 0. The second-order valence-electron chi connectivity index (χ2n) is 7.01. The van der Waals surface area contributed by atoms with Crippen LogP contribution in [0.2, 0.25) is 0 Å². The quantitative estimate of drug-likeness (QED) is 0.362. The van der Waals surface area contributed by atoms with Gasteiger partial charge in [0.05, 0.1) is 5.56 Å². The van der Waals surface area contributed by atoms with Gasteiger partial charge in [0.25, 0.3) is 0 Å². The van der Waals surface area contributed by atoms with Gasteiger partial charge in [-0.15, -0.1) is 24.0 Å². The van der Waals surface area contributed by atoms with Gasteiger partial charge in [-0.1, -0.05) is 26.0 Å². The van der Waals surface area contributed by atoms with E-state index in [1.807, 2.05) is 18.7 Å². The molecule has 1 aliphatic rings. The molecule has 0 saturated carbocycles. The van der Waals surface area contributed by atoms with E-state index in [1.54, 1.807) is 7.05 Å². The average molecular weight is 512 g/mol. The van der Waals surface area contributed by atoms with Crippen LogP contribution in [-0.4, -0.2) is 49.5 Å². The molecule has 5 nitrogen and oxygen atoms in total. The van der Waals surface area contributed by atoms with E-state index in [4.69, 9.17) is 0 Å². The first-order chi connectivity index (χ1) is 12.7. The summed E-state index contributed by atoms with van der Waals surface area (Å²) in [7, 11) is 1.67. The molecule has 1 atom stereocenters. The zero-order valence-corrected chi connectivity index (χ0v) is 18.7. The summed E-state index contributed by atoms with van der Waals surface area (Å²) in [6, 6.07) is 5.33. The predicted molar refractivity (Wildman–Crippen MR) is 115 cm³/mol. The third-order valence-corrected chi connectivity index (χ3v) is 4.55. The molecule has 9 heteroatoms.